The molecular weight excluding hydrogens is 401 g/mol. The van der Waals surface area contributed by atoms with Gasteiger partial charge >= 0.3 is 0 Å². The van der Waals surface area contributed by atoms with E-state index in [4.69, 9.17) is 0 Å². The molecule has 0 saturated carbocycles. The first kappa shape index (κ1) is 19.0. The van der Waals surface area contributed by atoms with Crippen molar-refractivity contribution in [2.24, 2.45) is 0 Å². The summed E-state index contributed by atoms with van der Waals surface area (Å²) in [6.07, 6.45) is 2.77. The highest BCUT2D eigenvalue weighted by atomic mass is 32.2. The van der Waals surface area contributed by atoms with Gasteiger partial charge in [-0.3, -0.25) is 10.1 Å². The molecule has 1 fully saturated rings. The van der Waals surface area contributed by atoms with Gasteiger partial charge in [0.2, 0.25) is 10.0 Å². The minimum Gasteiger partial charge on any atom is -0.298 e. The smallest absolute Gasteiger partial charge is 0.257 e. The van der Waals surface area contributed by atoms with E-state index in [1.807, 2.05) is 0 Å². The topological polar surface area (TPSA) is 79.4 Å². The first-order valence-corrected chi connectivity index (χ1v) is 11.2. The van der Waals surface area contributed by atoms with E-state index in [0.717, 1.165) is 19.3 Å². The Hall–Kier alpha value is -2.36. The Kier molecular flexibility index (Phi) is 5.13. The second-order valence-electron chi connectivity index (χ2n) is 6.55. The summed E-state index contributed by atoms with van der Waals surface area (Å²) in [4.78, 5) is 16.7. The number of hydrogen-bond donors (Lipinski definition) is 1. The molecule has 1 saturated heterocycles. The van der Waals surface area contributed by atoms with E-state index in [1.165, 1.54) is 46.0 Å². The second-order valence-corrected chi connectivity index (χ2v) is 9.52. The van der Waals surface area contributed by atoms with Crippen LogP contribution in [0.25, 0.3) is 10.2 Å². The molecule has 6 nitrogen and oxygen atoms in total. The minimum absolute atomic E-state index is 0.174. The van der Waals surface area contributed by atoms with Crippen LogP contribution in [0.15, 0.2) is 47.4 Å². The van der Waals surface area contributed by atoms with Gasteiger partial charge in [0.15, 0.2) is 5.13 Å². The standard InChI is InChI=1S/C19H18FN3O3S2/c20-15-5-4-6-16-17(15)21-19(27-16)22-18(24)13-7-9-14(10-8-13)28(25,26)23-11-2-1-3-12-23/h4-10H,1-3,11-12H2,(H,21,22,24). The van der Waals surface area contributed by atoms with Crippen molar-refractivity contribution >= 4 is 42.6 Å². The summed E-state index contributed by atoms with van der Waals surface area (Å²) < 4.78 is 41.2. The van der Waals surface area contributed by atoms with Gasteiger partial charge in [0, 0.05) is 18.7 Å². The summed E-state index contributed by atoms with van der Waals surface area (Å²) in [5, 5.41) is 2.93. The molecule has 28 heavy (non-hydrogen) atoms. The maximum atomic E-state index is 13.7. The molecule has 0 aliphatic carbocycles. The molecule has 0 atom stereocenters. The predicted octanol–water partition coefficient (Wildman–Crippen LogP) is 3.86. The van der Waals surface area contributed by atoms with E-state index in [-0.39, 0.29) is 15.5 Å². The van der Waals surface area contributed by atoms with Gasteiger partial charge in [-0.1, -0.05) is 23.8 Å². The molecule has 0 radical (unpaired) electrons. The molecule has 9 heteroatoms. The molecule has 4 rings (SSSR count). The van der Waals surface area contributed by atoms with Gasteiger partial charge in [-0.15, -0.1) is 0 Å². The number of carbonyl (C=O) groups excluding carboxylic acids is 1. The lowest BCUT2D eigenvalue weighted by atomic mass is 10.2. The van der Waals surface area contributed by atoms with Crippen LogP contribution in [0.4, 0.5) is 9.52 Å². The fourth-order valence-electron chi connectivity index (χ4n) is 3.17. The summed E-state index contributed by atoms with van der Waals surface area (Å²) in [6.45, 7) is 1.05. The molecule has 0 bridgehead atoms. The van der Waals surface area contributed by atoms with E-state index in [0.29, 0.717) is 23.4 Å². The summed E-state index contributed by atoms with van der Waals surface area (Å²) in [5.41, 5.74) is 0.517. The van der Waals surface area contributed by atoms with Crippen molar-refractivity contribution in [3.63, 3.8) is 0 Å². The SMILES string of the molecule is O=C(Nc1nc2c(F)cccc2s1)c1ccc(S(=O)(=O)N2CCCCC2)cc1. The van der Waals surface area contributed by atoms with Crippen LogP contribution in [0.3, 0.4) is 0 Å². The van der Waals surface area contributed by atoms with Gasteiger partial charge in [0.25, 0.3) is 5.91 Å². The number of hydrogen-bond acceptors (Lipinski definition) is 5. The molecule has 0 spiro atoms. The largest absolute Gasteiger partial charge is 0.298 e. The molecule has 2 aromatic carbocycles. The van der Waals surface area contributed by atoms with Gasteiger partial charge < -0.3 is 0 Å². The lowest BCUT2D eigenvalue weighted by Gasteiger charge is -2.25. The molecule has 2 heterocycles. The van der Waals surface area contributed by atoms with Crippen LogP contribution >= 0.6 is 11.3 Å². The number of carbonyl (C=O) groups is 1. The minimum atomic E-state index is -3.54. The van der Waals surface area contributed by atoms with Crippen molar-refractivity contribution in [1.29, 1.82) is 0 Å². The van der Waals surface area contributed by atoms with Gasteiger partial charge in [0.05, 0.1) is 9.60 Å². The van der Waals surface area contributed by atoms with Crippen LogP contribution in [-0.4, -0.2) is 36.7 Å². The molecule has 0 unspecified atom stereocenters. The number of benzene rings is 2. The number of nitrogens with zero attached hydrogens (tertiary/aromatic N) is 2. The summed E-state index contributed by atoms with van der Waals surface area (Å²) in [7, 11) is -3.54. The number of halogens is 1. The number of rotatable bonds is 4. The second kappa shape index (κ2) is 7.57. The Labute approximate surface area is 166 Å². The van der Waals surface area contributed by atoms with Crippen LogP contribution in [-0.2, 0) is 10.0 Å². The Morgan fingerprint density at radius 2 is 1.79 bits per heavy atom. The number of amides is 1. The number of thiazole rings is 1. The van der Waals surface area contributed by atoms with E-state index in [9.17, 15) is 17.6 Å². The van der Waals surface area contributed by atoms with E-state index in [1.54, 1.807) is 12.1 Å². The average molecular weight is 420 g/mol. The number of sulfonamides is 1. The number of aromatic nitrogens is 1. The lowest BCUT2D eigenvalue weighted by molar-refractivity contribution is 0.102. The van der Waals surface area contributed by atoms with Gasteiger partial charge in [0.1, 0.15) is 11.3 Å². The van der Waals surface area contributed by atoms with Crippen molar-refractivity contribution in [3.05, 3.63) is 53.8 Å². The average Bonchev–Trinajstić information content (AvgIpc) is 3.12. The van der Waals surface area contributed by atoms with Gasteiger partial charge in [-0.2, -0.15) is 4.31 Å². The molecule has 146 valence electrons. The van der Waals surface area contributed by atoms with E-state index in [2.05, 4.69) is 10.3 Å². The van der Waals surface area contributed by atoms with Crippen LogP contribution in [0.5, 0.6) is 0 Å². The van der Waals surface area contributed by atoms with Crippen LogP contribution in [0.2, 0.25) is 0 Å². The number of para-hydroxylation sites is 1. The van der Waals surface area contributed by atoms with Crippen LogP contribution in [0, 0.1) is 5.82 Å². The van der Waals surface area contributed by atoms with Crippen LogP contribution < -0.4 is 5.32 Å². The highest BCUT2D eigenvalue weighted by Crippen LogP contribution is 2.28. The van der Waals surface area contributed by atoms with E-state index >= 15 is 0 Å². The Morgan fingerprint density at radius 1 is 1.07 bits per heavy atom. The normalized spacial score (nSPS) is 15.6. The zero-order valence-electron chi connectivity index (χ0n) is 14.9. The van der Waals surface area contributed by atoms with Crippen molar-refractivity contribution in [3.8, 4) is 0 Å². The quantitative estimate of drug-likeness (QED) is 0.696. The summed E-state index contributed by atoms with van der Waals surface area (Å²) in [6, 6.07) is 10.5. The molecular formula is C19H18FN3O3S2. The maximum absolute atomic E-state index is 13.7. The number of nitrogens with one attached hydrogen (secondary N) is 1. The summed E-state index contributed by atoms with van der Waals surface area (Å²) in [5.74, 6) is -0.872. The zero-order chi connectivity index (χ0) is 19.7. The number of piperidine rings is 1. The van der Waals surface area contributed by atoms with Crippen molar-refractivity contribution in [1.82, 2.24) is 9.29 Å². The van der Waals surface area contributed by atoms with Gasteiger partial charge in [-0.25, -0.2) is 17.8 Å². The monoisotopic (exact) mass is 419 g/mol. The molecule has 3 aromatic rings. The van der Waals surface area contributed by atoms with Gasteiger partial charge in [-0.05, 0) is 49.2 Å². The summed E-state index contributed by atoms with van der Waals surface area (Å²) >= 11 is 1.18. The third-order valence-electron chi connectivity index (χ3n) is 4.66. The lowest BCUT2D eigenvalue weighted by Crippen LogP contribution is -2.35. The fourth-order valence-corrected chi connectivity index (χ4v) is 5.56. The van der Waals surface area contributed by atoms with Crippen molar-refractivity contribution in [2.75, 3.05) is 18.4 Å². The first-order valence-electron chi connectivity index (χ1n) is 8.92. The van der Waals surface area contributed by atoms with Crippen molar-refractivity contribution in [2.45, 2.75) is 24.2 Å². The van der Waals surface area contributed by atoms with E-state index < -0.39 is 21.7 Å². The maximum Gasteiger partial charge on any atom is 0.257 e. The number of fused-ring (bicyclic) bond motifs is 1. The Morgan fingerprint density at radius 3 is 2.46 bits per heavy atom. The van der Waals surface area contributed by atoms with Crippen LogP contribution in [0.1, 0.15) is 29.6 Å². The third kappa shape index (κ3) is 3.65. The fraction of sp³-hybridized carbons (Fsp3) is 0.263. The molecule has 1 amide bonds. The third-order valence-corrected chi connectivity index (χ3v) is 7.51. The molecule has 1 aliphatic rings. The number of anilines is 1. The Bertz CT molecular complexity index is 1120. The predicted molar refractivity (Wildman–Crippen MR) is 107 cm³/mol. The zero-order valence-corrected chi connectivity index (χ0v) is 16.5. The highest BCUT2D eigenvalue weighted by Gasteiger charge is 2.26. The Balaban J connectivity index is 1.51. The highest BCUT2D eigenvalue weighted by molar-refractivity contribution is 7.89. The molecule has 1 aromatic heterocycles. The molecule has 1 aliphatic heterocycles. The first-order chi connectivity index (χ1) is 13.4. The van der Waals surface area contributed by atoms with Crippen molar-refractivity contribution < 1.29 is 17.6 Å². The molecule has 1 N–H and O–H groups in total.